The van der Waals surface area contributed by atoms with Crippen molar-refractivity contribution in [2.24, 2.45) is 0 Å². The number of allylic oxidation sites excluding steroid dienone is 4. The smallest absolute Gasteiger partial charge is 0.00506 e. The predicted molar refractivity (Wildman–Crippen MR) is 42.2 cm³/mol. The van der Waals surface area contributed by atoms with Gasteiger partial charge in [-0.3, -0.25) is 0 Å². The summed E-state index contributed by atoms with van der Waals surface area (Å²) in [4.78, 5) is 2.00. The van der Waals surface area contributed by atoms with Crippen LogP contribution in [0.25, 0.3) is 0 Å². The van der Waals surface area contributed by atoms with Gasteiger partial charge in [-0.25, -0.2) is 0 Å². The third-order valence-corrected chi connectivity index (χ3v) is 0.556. The van der Waals surface area contributed by atoms with Crippen molar-refractivity contribution in [2.75, 3.05) is 21.1 Å². The Balaban J connectivity index is 0.000000148. The third kappa shape index (κ3) is 11.2. The van der Waals surface area contributed by atoms with Crippen LogP contribution in [-0.4, -0.2) is 26.0 Å². The first-order valence-electron chi connectivity index (χ1n) is 3.01. The molecule has 0 heterocycles. The fraction of sp³-hybridized carbons (Fsp3) is 0.375. The molecule has 1 heteroatoms. The van der Waals surface area contributed by atoms with Crippen molar-refractivity contribution in [1.29, 1.82) is 0 Å². The molecule has 0 N–H and O–H groups in total. The van der Waals surface area contributed by atoms with E-state index in [4.69, 9.17) is 0 Å². The molecule has 1 nitrogen and oxygen atoms in total. The van der Waals surface area contributed by atoms with Gasteiger partial charge < -0.3 is 4.90 Å². The summed E-state index contributed by atoms with van der Waals surface area (Å²) in [5.74, 6) is 0. The molecule has 0 fully saturated rings. The molecule has 0 saturated carbocycles. The lowest BCUT2D eigenvalue weighted by Gasteiger charge is -1.90. The molecule has 1 aliphatic carbocycles. The molecule has 51 valence electrons. The highest BCUT2D eigenvalue weighted by atomic mass is 15.0. The van der Waals surface area contributed by atoms with Crippen LogP contribution in [0.3, 0.4) is 0 Å². The summed E-state index contributed by atoms with van der Waals surface area (Å²) in [6.07, 6.45) is 10.0. The Hall–Kier alpha value is -0.560. The van der Waals surface area contributed by atoms with Gasteiger partial charge in [-0.1, -0.05) is 24.3 Å². The van der Waals surface area contributed by atoms with Crippen molar-refractivity contribution in [3.63, 3.8) is 0 Å². The Kier molecular flexibility index (Phi) is 5.23. The highest BCUT2D eigenvalue weighted by Gasteiger charge is 1.72. The van der Waals surface area contributed by atoms with Gasteiger partial charge in [-0.05, 0) is 21.1 Å². The standard InChI is InChI=1S/C5H5.C3H9N/c1-2-4-5-3-1;1-4(2)3/h1-5H;1-3H3. The molecule has 0 aliphatic heterocycles. The van der Waals surface area contributed by atoms with Gasteiger partial charge in [0.05, 0.1) is 0 Å². The first kappa shape index (κ1) is 8.44. The highest BCUT2D eigenvalue weighted by Crippen LogP contribution is 1.91. The van der Waals surface area contributed by atoms with Gasteiger partial charge in [-0.15, -0.1) is 0 Å². The van der Waals surface area contributed by atoms with Crippen molar-refractivity contribution in [1.82, 2.24) is 4.90 Å². The first-order chi connectivity index (χ1) is 4.23. The van der Waals surface area contributed by atoms with Gasteiger partial charge in [0, 0.05) is 6.42 Å². The maximum absolute atomic E-state index is 2.00. The lowest BCUT2D eigenvalue weighted by molar-refractivity contribution is 0.505. The maximum Gasteiger partial charge on any atom is 0.00506 e. The summed E-state index contributed by atoms with van der Waals surface area (Å²) in [6.45, 7) is 0. The molecule has 9 heavy (non-hydrogen) atoms. The summed E-state index contributed by atoms with van der Waals surface area (Å²) in [6, 6.07) is 0. The molecule has 0 spiro atoms. The fourth-order valence-electron chi connectivity index (χ4n) is 0.321. The monoisotopic (exact) mass is 124 g/mol. The van der Waals surface area contributed by atoms with E-state index in [-0.39, 0.29) is 0 Å². The van der Waals surface area contributed by atoms with E-state index in [1.807, 2.05) is 56.8 Å². The van der Waals surface area contributed by atoms with Crippen LogP contribution in [-0.2, 0) is 0 Å². The maximum atomic E-state index is 2.00. The molecule has 0 unspecified atom stereocenters. The summed E-state index contributed by atoms with van der Waals surface area (Å²) >= 11 is 0. The first-order valence-corrected chi connectivity index (χ1v) is 3.01. The van der Waals surface area contributed by atoms with Gasteiger partial charge in [0.25, 0.3) is 0 Å². The molecular weight excluding hydrogens is 110 g/mol. The minimum atomic E-state index is 2.00. The molecule has 0 bridgehead atoms. The second-order valence-electron chi connectivity index (χ2n) is 2.30. The van der Waals surface area contributed by atoms with Crippen molar-refractivity contribution in [3.8, 4) is 0 Å². The SMILES string of the molecule is CN(C)C.[CH]1C=CC=C1. The van der Waals surface area contributed by atoms with Crippen LogP contribution < -0.4 is 0 Å². The van der Waals surface area contributed by atoms with Gasteiger partial charge in [0.1, 0.15) is 0 Å². The second kappa shape index (κ2) is 5.57. The molecule has 0 aromatic carbocycles. The predicted octanol–water partition coefficient (Wildman–Crippen LogP) is 1.49. The van der Waals surface area contributed by atoms with Crippen LogP contribution in [0.2, 0.25) is 0 Å². The molecule has 1 aliphatic rings. The van der Waals surface area contributed by atoms with Gasteiger partial charge in [-0.2, -0.15) is 0 Å². The topological polar surface area (TPSA) is 3.24 Å². The van der Waals surface area contributed by atoms with Gasteiger partial charge >= 0.3 is 0 Å². The summed E-state index contributed by atoms with van der Waals surface area (Å²) in [5.41, 5.74) is 0. The van der Waals surface area contributed by atoms with E-state index in [1.165, 1.54) is 0 Å². The number of nitrogens with zero attached hydrogens (tertiary/aromatic N) is 1. The van der Waals surface area contributed by atoms with E-state index in [9.17, 15) is 0 Å². The van der Waals surface area contributed by atoms with E-state index in [0.29, 0.717) is 0 Å². The van der Waals surface area contributed by atoms with Crippen LogP contribution >= 0.6 is 0 Å². The zero-order valence-electron chi connectivity index (χ0n) is 6.33. The van der Waals surface area contributed by atoms with Crippen molar-refractivity contribution in [2.45, 2.75) is 0 Å². The van der Waals surface area contributed by atoms with Gasteiger partial charge in [0.2, 0.25) is 0 Å². The fourth-order valence-corrected chi connectivity index (χ4v) is 0.321. The quantitative estimate of drug-likeness (QED) is 0.473. The van der Waals surface area contributed by atoms with Crippen molar-refractivity contribution < 1.29 is 0 Å². The average molecular weight is 124 g/mol. The molecular formula is C8H14N. The van der Waals surface area contributed by atoms with E-state index >= 15 is 0 Å². The Morgan fingerprint density at radius 3 is 1.22 bits per heavy atom. The lowest BCUT2D eigenvalue weighted by Crippen LogP contribution is -1.99. The summed E-state index contributed by atoms with van der Waals surface area (Å²) in [5, 5.41) is 0. The molecule has 1 radical (unpaired) electrons. The zero-order valence-corrected chi connectivity index (χ0v) is 6.33. The summed E-state index contributed by atoms with van der Waals surface area (Å²) in [7, 11) is 6.00. The largest absolute Gasteiger partial charge is 0.312 e. The minimum Gasteiger partial charge on any atom is -0.312 e. The lowest BCUT2D eigenvalue weighted by atomic mass is 10.5. The molecule has 0 atom stereocenters. The number of rotatable bonds is 0. The van der Waals surface area contributed by atoms with E-state index in [1.54, 1.807) is 0 Å². The van der Waals surface area contributed by atoms with E-state index < -0.39 is 0 Å². The normalized spacial score (nSPS) is 13.8. The van der Waals surface area contributed by atoms with E-state index in [0.717, 1.165) is 0 Å². The van der Waals surface area contributed by atoms with Crippen LogP contribution in [0.5, 0.6) is 0 Å². The Bertz CT molecular complexity index is 88.4. The number of hydrogen-bond acceptors (Lipinski definition) is 1. The molecule has 0 saturated heterocycles. The van der Waals surface area contributed by atoms with E-state index in [2.05, 4.69) is 0 Å². The number of hydrogen-bond donors (Lipinski definition) is 0. The Labute approximate surface area is 57.7 Å². The van der Waals surface area contributed by atoms with Gasteiger partial charge in [0.15, 0.2) is 0 Å². The molecule has 0 amide bonds. The van der Waals surface area contributed by atoms with Crippen LogP contribution in [0.4, 0.5) is 0 Å². The van der Waals surface area contributed by atoms with Crippen LogP contribution in [0.15, 0.2) is 24.3 Å². The highest BCUT2D eigenvalue weighted by molar-refractivity contribution is 5.23. The second-order valence-corrected chi connectivity index (χ2v) is 2.30. The minimum absolute atomic E-state index is 2.00. The Morgan fingerprint density at radius 1 is 0.778 bits per heavy atom. The van der Waals surface area contributed by atoms with Crippen LogP contribution in [0, 0.1) is 6.42 Å². The summed E-state index contributed by atoms with van der Waals surface area (Å²) < 4.78 is 0. The Morgan fingerprint density at radius 2 is 1.11 bits per heavy atom. The molecule has 1 rings (SSSR count). The average Bonchev–Trinajstić information content (AvgIpc) is 2.11. The zero-order chi connectivity index (χ0) is 7.11. The van der Waals surface area contributed by atoms with Crippen molar-refractivity contribution in [3.05, 3.63) is 30.7 Å². The van der Waals surface area contributed by atoms with Crippen LogP contribution in [0.1, 0.15) is 0 Å². The van der Waals surface area contributed by atoms with Crippen molar-refractivity contribution >= 4 is 0 Å². The molecule has 0 aromatic rings. The molecule has 0 aromatic heterocycles. The third-order valence-electron chi connectivity index (χ3n) is 0.556.